The summed E-state index contributed by atoms with van der Waals surface area (Å²) in [5.41, 5.74) is 0. The van der Waals surface area contributed by atoms with Crippen molar-refractivity contribution >= 4 is 17.7 Å². The third-order valence-corrected chi connectivity index (χ3v) is 4.92. The van der Waals surface area contributed by atoms with Crippen LogP contribution in [-0.4, -0.2) is 36.7 Å². The Bertz CT molecular complexity index is 472. The van der Waals surface area contributed by atoms with Gasteiger partial charge in [0.2, 0.25) is 5.91 Å². The van der Waals surface area contributed by atoms with Gasteiger partial charge in [-0.25, -0.2) is 0 Å². The zero-order valence-corrected chi connectivity index (χ0v) is 15.4. The molecule has 1 aliphatic carbocycles. The molecule has 24 heavy (non-hydrogen) atoms. The van der Waals surface area contributed by atoms with E-state index in [0.29, 0.717) is 18.4 Å². The number of amides is 1. The second kappa shape index (κ2) is 11.2. The monoisotopic (exact) mass is 351 g/mol. The van der Waals surface area contributed by atoms with E-state index in [4.69, 9.17) is 9.47 Å². The van der Waals surface area contributed by atoms with Crippen LogP contribution in [0, 0.1) is 0 Å². The van der Waals surface area contributed by atoms with Crippen molar-refractivity contribution in [2.75, 3.05) is 24.7 Å². The number of hydrogen-bond acceptors (Lipinski definition) is 4. The highest BCUT2D eigenvalue weighted by Crippen LogP contribution is 2.19. The van der Waals surface area contributed by atoms with Crippen LogP contribution in [0.5, 0.6) is 11.5 Å². The zero-order valence-electron chi connectivity index (χ0n) is 14.6. The molecule has 1 aliphatic rings. The molecule has 134 valence electrons. The topological polar surface area (TPSA) is 47.6 Å². The molecule has 0 aromatic heterocycles. The molecular weight excluding hydrogens is 322 g/mol. The Labute approximate surface area is 149 Å². The van der Waals surface area contributed by atoms with Crippen LogP contribution in [0.2, 0.25) is 0 Å². The molecule has 1 N–H and O–H groups in total. The van der Waals surface area contributed by atoms with Gasteiger partial charge >= 0.3 is 0 Å². The van der Waals surface area contributed by atoms with Gasteiger partial charge in [-0.3, -0.25) is 4.79 Å². The van der Waals surface area contributed by atoms with Crippen molar-refractivity contribution in [3.8, 4) is 11.5 Å². The molecule has 5 heteroatoms. The Morgan fingerprint density at radius 3 is 2.33 bits per heavy atom. The van der Waals surface area contributed by atoms with E-state index in [9.17, 15) is 4.79 Å². The minimum atomic E-state index is 0.157. The lowest BCUT2D eigenvalue weighted by molar-refractivity contribution is -0.119. The molecule has 1 aromatic carbocycles. The highest BCUT2D eigenvalue weighted by atomic mass is 32.2. The van der Waals surface area contributed by atoms with Crippen LogP contribution in [-0.2, 0) is 4.79 Å². The van der Waals surface area contributed by atoms with Gasteiger partial charge in [0.1, 0.15) is 11.5 Å². The largest absolute Gasteiger partial charge is 0.494 e. The van der Waals surface area contributed by atoms with Crippen LogP contribution in [0.4, 0.5) is 0 Å². The van der Waals surface area contributed by atoms with E-state index in [1.165, 1.54) is 19.3 Å². The molecule has 0 atom stereocenters. The first-order valence-corrected chi connectivity index (χ1v) is 10.2. The number of rotatable bonds is 10. The van der Waals surface area contributed by atoms with Gasteiger partial charge in [-0.1, -0.05) is 26.2 Å². The number of carbonyl (C=O) groups is 1. The highest BCUT2D eigenvalue weighted by Gasteiger charge is 2.15. The Balaban J connectivity index is 1.53. The minimum absolute atomic E-state index is 0.157. The van der Waals surface area contributed by atoms with Gasteiger partial charge < -0.3 is 14.8 Å². The first-order chi connectivity index (χ1) is 11.8. The summed E-state index contributed by atoms with van der Waals surface area (Å²) in [6.07, 6.45) is 7.07. The van der Waals surface area contributed by atoms with E-state index < -0.39 is 0 Å². The minimum Gasteiger partial charge on any atom is -0.494 e. The Hall–Kier alpha value is -1.36. The fourth-order valence-electron chi connectivity index (χ4n) is 2.75. The van der Waals surface area contributed by atoms with Crippen molar-refractivity contribution in [2.45, 2.75) is 51.5 Å². The maximum Gasteiger partial charge on any atom is 0.230 e. The number of thioether (sulfide) groups is 1. The zero-order chi connectivity index (χ0) is 17.0. The van der Waals surface area contributed by atoms with Gasteiger partial charge in [-0.15, -0.1) is 11.8 Å². The molecule has 0 saturated heterocycles. The third kappa shape index (κ3) is 7.47. The third-order valence-electron chi connectivity index (χ3n) is 4.00. The van der Waals surface area contributed by atoms with Crippen LogP contribution in [0.3, 0.4) is 0 Å². The quantitative estimate of drug-likeness (QED) is 0.646. The fourth-order valence-corrected chi connectivity index (χ4v) is 3.37. The lowest BCUT2D eigenvalue weighted by atomic mass is 9.95. The Morgan fingerprint density at radius 2 is 1.71 bits per heavy atom. The van der Waals surface area contributed by atoms with Gasteiger partial charge in [-0.2, -0.15) is 0 Å². The molecule has 0 bridgehead atoms. The summed E-state index contributed by atoms with van der Waals surface area (Å²) in [6.45, 7) is 3.43. The number of carbonyl (C=O) groups excluding carboxylic acids is 1. The van der Waals surface area contributed by atoms with Crippen molar-refractivity contribution in [1.29, 1.82) is 0 Å². The summed E-state index contributed by atoms with van der Waals surface area (Å²) < 4.78 is 11.2. The molecule has 0 radical (unpaired) electrons. The fraction of sp³-hybridized carbons (Fsp3) is 0.632. The summed E-state index contributed by atoms with van der Waals surface area (Å²) in [5.74, 6) is 3.20. The SMILES string of the molecule is CCCOc1ccc(OCCSCC(=O)NC2CCCCC2)cc1. The molecule has 0 unspecified atom stereocenters. The number of hydrogen-bond donors (Lipinski definition) is 1. The molecule has 1 aromatic rings. The summed E-state index contributed by atoms with van der Waals surface area (Å²) in [7, 11) is 0. The van der Waals surface area contributed by atoms with Gasteiger partial charge in [0.25, 0.3) is 0 Å². The molecule has 1 fully saturated rings. The van der Waals surface area contributed by atoms with E-state index in [1.54, 1.807) is 11.8 Å². The van der Waals surface area contributed by atoms with Crippen molar-refractivity contribution < 1.29 is 14.3 Å². The van der Waals surface area contributed by atoms with E-state index in [-0.39, 0.29) is 5.91 Å². The van der Waals surface area contributed by atoms with E-state index in [1.807, 2.05) is 24.3 Å². The smallest absolute Gasteiger partial charge is 0.230 e. The number of benzene rings is 1. The van der Waals surface area contributed by atoms with Crippen molar-refractivity contribution in [3.05, 3.63) is 24.3 Å². The summed E-state index contributed by atoms with van der Waals surface area (Å²) in [4.78, 5) is 11.9. The first kappa shape index (κ1) is 19.0. The lowest BCUT2D eigenvalue weighted by Crippen LogP contribution is -2.37. The van der Waals surface area contributed by atoms with Gasteiger partial charge in [0, 0.05) is 11.8 Å². The van der Waals surface area contributed by atoms with E-state index in [2.05, 4.69) is 12.2 Å². The maximum absolute atomic E-state index is 11.9. The Kier molecular flexibility index (Phi) is 8.88. The molecule has 1 amide bonds. The predicted molar refractivity (Wildman–Crippen MR) is 100 cm³/mol. The standard InChI is InChI=1S/C19H29NO3S/c1-2-12-22-17-8-10-18(11-9-17)23-13-14-24-15-19(21)20-16-6-4-3-5-7-16/h8-11,16H,2-7,12-15H2,1H3,(H,20,21). The number of nitrogens with one attached hydrogen (secondary N) is 1. The average molecular weight is 352 g/mol. The van der Waals surface area contributed by atoms with Crippen molar-refractivity contribution in [1.82, 2.24) is 5.32 Å². The molecule has 4 nitrogen and oxygen atoms in total. The van der Waals surface area contributed by atoms with Crippen molar-refractivity contribution in [3.63, 3.8) is 0 Å². The highest BCUT2D eigenvalue weighted by molar-refractivity contribution is 7.99. The van der Waals surface area contributed by atoms with Crippen LogP contribution in [0.25, 0.3) is 0 Å². The van der Waals surface area contributed by atoms with Crippen LogP contribution >= 0.6 is 11.8 Å². The van der Waals surface area contributed by atoms with Crippen LogP contribution in [0.15, 0.2) is 24.3 Å². The van der Waals surface area contributed by atoms with Crippen LogP contribution in [0.1, 0.15) is 45.4 Å². The van der Waals surface area contributed by atoms with Gasteiger partial charge in [0.15, 0.2) is 0 Å². The molecule has 0 spiro atoms. The number of ether oxygens (including phenoxy) is 2. The maximum atomic E-state index is 11.9. The second-order valence-corrected chi connectivity index (χ2v) is 7.23. The van der Waals surface area contributed by atoms with Crippen molar-refractivity contribution in [2.24, 2.45) is 0 Å². The van der Waals surface area contributed by atoms with E-state index >= 15 is 0 Å². The predicted octanol–water partition coefficient (Wildman–Crippen LogP) is 4.04. The van der Waals surface area contributed by atoms with E-state index in [0.717, 1.165) is 43.1 Å². The molecule has 2 rings (SSSR count). The van der Waals surface area contributed by atoms with Gasteiger partial charge in [-0.05, 0) is 43.5 Å². The molecular formula is C19H29NO3S. The summed E-state index contributed by atoms with van der Waals surface area (Å²) >= 11 is 1.62. The first-order valence-electron chi connectivity index (χ1n) is 9.00. The summed E-state index contributed by atoms with van der Waals surface area (Å²) in [5, 5.41) is 3.14. The van der Waals surface area contributed by atoms with Gasteiger partial charge in [0.05, 0.1) is 19.0 Å². The second-order valence-electron chi connectivity index (χ2n) is 6.12. The average Bonchev–Trinajstić information content (AvgIpc) is 2.61. The van der Waals surface area contributed by atoms with Crippen LogP contribution < -0.4 is 14.8 Å². The lowest BCUT2D eigenvalue weighted by Gasteiger charge is -2.22. The normalized spacial score (nSPS) is 15.0. The molecule has 0 heterocycles. The molecule has 0 aliphatic heterocycles. The summed E-state index contributed by atoms with van der Waals surface area (Å²) in [6, 6.07) is 8.10. The molecule has 1 saturated carbocycles. The Morgan fingerprint density at radius 1 is 1.08 bits per heavy atom.